The molecule has 0 radical (unpaired) electrons. The van der Waals surface area contributed by atoms with Crippen LogP contribution in [0.25, 0.3) is 0 Å². The first-order chi connectivity index (χ1) is 10.1. The van der Waals surface area contributed by atoms with Gasteiger partial charge in [-0.2, -0.15) is 5.10 Å². The molecule has 0 saturated carbocycles. The maximum absolute atomic E-state index is 11.4. The number of carbonyl (C=O) groups is 1. The highest BCUT2D eigenvalue weighted by Crippen LogP contribution is 2.33. The third kappa shape index (κ3) is 2.44. The zero-order chi connectivity index (χ0) is 15.0. The standard InChI is InChI=1S/C15H18N4O2/c1-3-11-14(16)15(19(2)18-11)21-10-5-6-12-9(8-10)4-7-13(20)17-12/h5-6,8H,3-4,7,16H2,1-2H3,(H,17,20). The number of fused-ring (bicyclic) bond motifs is 1. The largest absolute Gasteiger partial charge is 0.437 e. The van der Waals surface area contributed by atoms with E-state index in [0.29, 0.717) is 23.7 Å². The Morgan fingerprint density at radius 2 is 2.24 bits per heavy atom. The number of benzene rings is 1. The molecule has 3 rings (SSSR count). The number of anilines is 2. The highest BCUT2D eigenvalue weighted by molar-refractivity contribution is 5.94. The number of hydrogen-bond donors (Lipinski definition) is 2. The Labute approximate surface area is 122 Å². The van der Waals surface area contributed by atoms with E-state index in [1.165, 1.54) is 0 Å². The lowest BCUT2D eigenvalue weighted by Gasteiger charge is -2.17. The molecule has 1 aliphatic rings. The Balaban J connectivity index is 1.89. The van der Waals surface area contributed by atoms with E-state index in [0.717, 1.165) is 29.8 Å². The Bertz CT molecular complexity index is 706. The van der Waals surface area contributed by atoms with Crippen LogP contribution in [0.4, 0.5) is 11.4 Å². The fourth-order valence-corrected chi connectivity index (χ4v) is 2.50. The fraction of sp³-hybridized carbons (Fsp3) is 0.333. The Kier molecular flexibility index (Phi) is 3.29. The van der Waals surface area contributed by atoms with Gasteiger partial charge in [0.15, 0.2) is 0 Å². The summed E-state index contributed by atoms with van der Waals surface area (Å²) in [6.07, 6.45) is 1.99. The van der Waals surface area contributed by atoms with E-state index in [4.69, 9.17) is 10.5 Å². The minimum Gasteiger partial charge on any atom is -0.437 e. The van der Waals surface area contributed by atoms with E-state index in [1.54, 1.807) is 4.68 Å². The number of hydrogen-bond acceptors (Lipinski definition) is 4. The molecule has 110 valence electrons. The molecule has 2 heterocycles. The molecule has 0 bridgehead atoms. The molecule has 6 heteroatoms. The first-order valence-electron chi connectivity index (χ1n) is 7.00. The van der Waals surface area contributed by atoms with Crippen LogP contribution in [0.5, 0.6) is 11.6 Å². The molecule has 0 aliphatic carbocycles. The number of nitrogens with zero attached hydrogens (tertiary/aromatic N) is 2. The van der Waals surface area contributed by atoms with E-state index in [9.17, 15) is 4.79 Å². The number of nitrogens with one attached hydrogen (secondary N) is 1. The number of aromatic nitrogens is 2. The highest BCUT2D eigenvalue weighted by atomic mass is 16.5. The van der Waals surface area contributed by atoms with Crippen molar-refractivity contribution in [2.24, 2.45) is 7.05 Å². The third-order valence-corrected chi connectivity index (χ3v) is 3.63. The van der Waals surface area contributed by atoms with Crippen LogP contribution in [0, 0.1) is 0 Å². The SMILES string of the molecule is CCc1nn(C)c(Oc2ccc3c(c2)CCC(=O)N3)c1N. The lowest BCUT2D eigenvalue weighted by atomic mass is 10.0. The molecule has 1 aromatic heterocycles. The van der Waals surface area contributed by atoms with Gasteiger partial charge in [-0.1, -0.05) is 6.92 Å². The van der Waals surface area contributed by atoms with E-state index in [2.05, 4.69) is 10.4 Å². The van der Waals surface area contributed by atoms with Gasteiger partial charge in [0, 0.05) is 19.2 Å². The van der Waals surface area contributed by atoms with Gasteiger partial charge < -0.3 is 15.8 Å². The number of carbonyl (C=O) groups excluding carboxylic acids is 1. The molecule has 2 aromatic rings. The van der Waals surface area contributed by atoms with Crippen molar-refractivity contribution in [2.75, 3.05) is 11.1 Å². The molecule has 6 nitrogen and oxygen atoms in total. The molecule has 1 aliphatic heterocycles. The molecule has 21 heavy (non-hydrogen) atoms. The summed E-state index contributed by atoms with van der Waals surface area (Å²) in [6.45, 7) is 2.00. The van der Waals surface area contributed by atoms with Crippen molar-refractivity contribution in [3.63, 3.8) is 0 Å². The van der Waals surface area contributed by atoms with Crippen molar-refractivity contribution in [1.29, 1.82) is 0 Å². The molecule has 3 N–H and O–H groups in total. The molecule has 0 saturated heterocycles. The monoisotopic (exact) mass is 286 g/mol. The average Bonchev–Trinajstić information content (AvgIpc) is 2.75. The lowest BCUT2D eigenvalue weighted by molar-refractivity contribution is -0.116. The summed E-state index contributed by atoms with van der Waals surface area (Å²) in [6, 6.07) is 5.62. The predicted molar refractivity (Wildman–Crippen MR) is 80.5 cm³/mol. The van der Waals surface area contributed by atoms with Gasteiger partial charge in [-0.25, -0.2) is 4.68 Å². The van der Waals surface area contributed by atoms with Crippen molar-refractivity contribution >= 4 is 17.3 Å². The van der Waals surface area contributed by atoms with Crippen LogP contribution in [0.15, 0.2) is 18.2 Å². The van der Waals surface area contributed by atoms with Crippen LogP contribution in [0.2, 0.25) is 0 Å². The maximum atomic E-state index is 11.4. The van der Waals surface area contributed by atoms with Gasteiger partial charge in [0.1, 0.15) is 11.4 Å². The van der Waals surface area contributed by atoms with Crippen molar-refractivity contribution in [3.8, 4) is 11.6 Å². The summed E-state index contributed by atoms with van der Waals surface area (Å²) >= 11 is 0. The van der Waals surface area contributed by atoms with E-state index in [-0.39, 0.29) is 5.91 Å². The minimum atomic E-state index is 0.0552. The average molecular weight is 286 g/mol. The van der Waals surface area contributed by atoms with Crippen molar-refractivity contribution in [2.45, 2.75) is 26.2 Å². The summed E-state index contributed by atoms with van der Waals surface area (Å²) in [4.78, 5) is 11.4. The molecule has 0 unspecified atom stereocenters. The van der Waals surface area contributed by atoms with E-state index < -0.39 is 0 Å². The third-order valence-electron chi connectivity index (χ3n) is 3.63. The van der Waals surface area contributed by atoms with Gasteiger partial charge in [-0.3, -0.25) is 4.79 Å². The van der Waals surface area contributed by atoms with Gasteiger partial charge in [0.2, 0.25) is 11.8 Å². The van der Waals surface area contributed by atoms with Crippen LogP contribution in [-0.4, -0.2) is 15.7 Å². The second-order valence-electron chi connectivity index (χ2n) is 5.11. The number of nitrogen functional groups attached to an aromatic ring is 1. The molecular weight excluding hydrogens is 268 g/mol. The quantitative estimate of drug-likeness (QED) is 0.906. The van der Waals surface area contributed by atoms with E-state index >= 15 is 0 Å². The van der Waals surface area contributed by atoms with Crippen molar-refractivity contribution in [3.05, 3.63) is 29.5 Å². The number of ether oxygens (including phenoxy) is 1. The molecule has 1 amide bonds. The number of aryl methyl sites for hydroxylation is 3. The van der Waals surface area contributed by atoms with Gasteiger partial charge >= 0.3 is 0 Å². The van der Waals surface area contributed by atoms with Crippen LogP contribution in [0.1, 0.15) is 24.6 Å². The predicted octanol–water partition coefficient (Wildman–Crippen LogP) is 2.24. The summed E-state index contributed by atoms with van der Waals surface area (Å²) in [7, 11) is 1.81. The fourth-order valence-electron chi connectivity index (χ4n) is 2.50. The van der Waals surface area contributed by atoms with Crippen LogP contribution in [-0.2, 0) is 24.7 Å². The molecule has 1 aromatic carbocycles. The van der Waals surface area contributed by atoms with Gasteiger partial charge in [-0.15, -0.1) is 0 Å². The second-order valence-corrected chi connectivity index (χ2v) is 5.11. The zero-order valence-electron chi connectivity index (χ0n) is 12.1. The maximum Gasteiger partial charge on any atom is 0.241 e. The van der Waals surface area contributed by atoms with Gasteiger partial charge in [-0.05, 0) is 36.6 Å². The lowest BCUT2D eigenvalue weighted by Crippen LogP contribution is -2.18. The summed E-state index contributed by atoms with van der Waals surface area (Å²) in [5.41, 5.74) is 9.38. The molecular formula is C15H18N4O2. The number of rotatable bonds is 3. The van der Waals surface area contributed by atoms with Crippen LogP contribution in [0.3, 0.4) is 0 Å². The van der Waals surface area contributed by atoms with Crippen molar-refractivity contribution in [1.82, 2.24) is 9.78 Å². The Hall–Kier alpha value is -2.50. The minimum absolute atomic E-state index is 0.0552. The smallest absolute Gasteiger partial charge is 0.241 e. The first-order valence-corrected chi connectivity index (χ1v) is 7.00. The van der Waals surface area contributed by atoms with Gasteiger partial charge in [0.25, 0.3) is 0 Å². The Morgan fingerprint density at radius 3 is 2.95 bits per heavy atom. The second kappa shape index (κ2) is 5.12. The first kappa shape index (κ1) is 13.5. The molecule has 0 atom stereocenters. The summed E-state index contributed by atoms with van der Waals surface area (Å²) in [5, 5.41) is 7.18. The van der Waals surface area contributed by atoms with Crippen LogP contribution >= 0.6 is 0 Å². The summed E-state index contributed by atoms with van der Waals surface area (Å²) in [5.74, 6) is 1.30. The normalized spacial score (nSPS) is 13.7. The zero-order valence-corrected chi connectivity index (χ0v) is 12.1. The number of nitrogens with two attached hydrogens (primary N) is 1. The molecule has 0 fully saturated rings. The van der Waals surface area contributed by atoms with Crippen molar-refractivity contribution < 1.29 is 9.53 Å². The Morgan fingerprint density at radius 1 is 1.43 bits per heavy atom. The van der Waals surface area contributed by atoms with Crippen LogP contribution < -0.4 is 15.8 Å². The van der Waals surface area contributed by atoms with E-state index in [1.807, 2.05) is 32.2 Å². The van der Waals surface area contributed by atoms with Gasteiger partial charge in [0.05, 0.1) is 5.69 Å². The number of amides is 1. The molecule has 0 spiro atoms. The summed E-state index contributed by atoms with van der Waals surface area (Å²) < 4.78 is 7.53. The highest BCUT2D eigenvalue weighted by Gasteiger charge is 2.17. The topological polar surface area (TPSA) is 82.2 Å².